The van der Waals surface area contributed by atoms with E-state index >= 15 is 0 Å². The van der Waals surface area contributed by atoms with Crippen molar-refractivity contribution in [3.63, 3.8) is 0 Å². The molecule has 1 heterocycles. The van der Waals surface area contributed by atoms with E-state index in [0.29, 0.717) is 18.1 Å². The van der Waals surface area contributed by atoms with Gasteiger partial charge >= 0.3 is 0 Å². The molecule has 0 atom stereocenters. The lowest BCUT2D eigenvalue weighted by Gasteiger charge is -2.41. The number of benzene rings is 1. The number of hydrogen-bond acceptors (Lipinski definition) is 5. The second-order valence-electron chi connectivity index (χ2n) is 7.85. The van der Waals surface area contributed by atoms with Gasteiger partial charge in [0.05, 0.1) is 5.56 Å². The third-order valence-corrected chi connectivity index (χ3v) is 6.84. The minimum Gasteiger partial charge on any atom is -0.359 e. The molecule has 1 aromatic heterocycles. The molecule has 0 bridgehead atoms. The van der Waals surface area contributed by atoms with Gasteiger partial charge < -0.3 is 16.0 Å². The highest BCUT2D eigenvalue weighted by Gasteiger charge is 2.37. The van der Waals surface area contributed by atoms with Crippen molar-refractivity contribution in [3.05, 3.63) is 59.8 Å². The molecule has 7 nitrogen and oxygen atoms in total. The van der Waals surface area contributed by atoms with Crippen molar-refractivity contribution in [1.29, 1.82) is 5.26 Å². The van der Waals surface area contributed by atoms with Crippen molar-refractivity contribution >= 4 is 23.6 Å². The minimum absolute atomic E-state index is 0.0803. The number of guanidine groups is 1. The van der Waals surface area contributed by atoms with Crippen molar-refractivity contribution in [2.75, 3.05) is 19.3 Å². The largest absolute Gasteiger partial charge is 0.359 e. The highest BCUT2D eigenvalue weighted by atomic mass is 32.2. The summed E-state index contributed by atoms with van der Waals surface area (Å²) in [6, 6.07) is 14.3. The van der Waals surface area contributed by atoms with Gasteiger partial charge in [0.2, 0.25) is 12.2 Å². The molecule has 1 aromatic carbocycles. The lowest BCUT2D eigenvalue weighted by molar-refractivity contribution is 0.0931. The molecule has 168 valence electrons. The Bertz CT molecular complexity index is 964. The molecule has 0 unspecified atom stereocenters. The number of aromatic nitrogens is 1. The first kappa shape index (κ1) is 23.6. The molecule has 0 aliphatic heterocycles. The third kappa shape index (κ3) is 5.80. The van der Waals surface area contributed by atoms with Gasteiger partial charge in [-0.3, -0.25) is 4.79 Å². The molecule has 1 aliphatic carbocycles. The minimum atomic E-state index is -0.137. The maximum Gasteiger partial charge on any atom is 0.254 e. The molecule has 1 amide bonds. The first-order valence-electron chi connectivity index (χ1n) is 10.9. The van der Waals surface area contributed by atoms with E-state index in [1.165, 1.54) is 5.56 Å². The Morgan fingerprint density at radius 3 is 2.66 bits per heavy atom. The zero-order valence-electron chi connectivity index (χ0n) is 18.6. The highest BCUT2D eigenvalue weighted by molar-refractivity contribution is 7.99. The molecule has 3 N–H and O–H groups in total. The second-order valence-corrected chi connectivity index (χ2v) is 9.10. The fraction of sp³-hybridized carbons (Fsp3) is 0.417. The normalized spacial score (nSPS) is 20.8. The monoisotopic (exact) mass is 450 g/mol. The summed E-state index contributed by atoms with van der Waals surface area (Å²) in [4.78, 5) is 21.2. The van der Waals surface area contributed by atoms with Gasteiger partial charge in [0.15, 0.2) is 0 Å². The number of nitrogens with one attached hydrogen (secondary N) is 3. The number of pyridine rings is 1. The fourth-order valence-corrected chi connectivity index (χ4v) is 4.96. The number of carbonyl (C=O) groups is 1. The summed E-state index contributed by atoms with van der Waals surface area (Å²) >= 11 is 1.58. The van der Waals surface area contributed by atoms with Crippen LogP contribution < -0.4 is 16.0 Å². The van der Waals surface area contributed by atoms with E-state index in [9.17, 15) is 4.79 Å². The van der Waals surface area contributed by atoms with Gasteiger partial charge in [-0.15, -0.1) is 16.8 Å². The van der Waals surface area contributed by atoms with Crippen LogP contribution in [-0.2, 0) is 5.41 Å². The topological polar surface area (TPSA) is 102 Å². The molecule has 3 rings (SSSR count). The third-order valence-electron chi connectivity index (χ3n) is 5.95. The standard InChI is InChI=1S/C24H30N6OS/c1-3-32-22-20(10-7-15-27-22)21(31)28-16-24(18-8-5-4-6-9-18)13-11-19(12-14-24)30-23(26-2)29-17-25/h4-10,15,19H,3,11-14,16H2,1-2H3,(H,28,31)(H2,26,29,30)/t19-,24-. The predicted octanol–water partition coefficient (Wildman–Crippen LogP) is 3.45. The van der Waals surface area contributed by atoms with Crippen LogP contribution in [0.4, 0.5) is 0 Å². The van der Waals surface area contributed by atoms with Crippen LogP contribution >= 0.6 is 11.8 Å². The number of nitrogens with zero attached hydrogens (tertiary/aromatic N) is 3. The van der Waals surface area contributed by atoms with Gasteiger partial charge in [0.25, 0.3) is 5.91 Å². The van der Waals surface area contributed by atoms with Gasteiger partial charge in [0.1, 0.15) is 5.03 Å². The zero-order chi connectivity index (χ0) is 22.8. The van der Waals surface area contributed by atoms with Crippen LogP contribution in [-0.4, -0.2) is 42.2 Å². The van der Waals surface area contributed by atoms with Crippen LogP contribution in [0, 0.1) is 11.5 Å². The van der Waals surface area contributed by atoms with E-state index in [0.717, 1.165) is 36.5 Å². The summed E-state index contributed by atoms with van der Waals surface area (Å²) in [5.74, 6) is 1.28. The Balaban J connectivity index is 1.74. The lowest BCUT2D eigenvalue weighted by Crippen LogP contribution is -2.49. The summed E-state index contributed by atoms with van der Waals surface area (Å²) < 4.78 is 0. The van der Waals surface area contributed by atoms with Crippen LogP contribution in [0.5, 0.6) is 0 Å². The molecule has 2 aromatic rings. The fourth-order valence-electron chi connectivity index (χ4n) is 4.24. The summed E-state index contributed by atoms with van der Waals surface area (Å²) in [6.07, 6.45) is 7.22. The Hall–Kier alpha value is -3.05. The Kier molecular flexibility index (Phi) is 8.51. The van der Waals surface area contributed by atoms with E-state index < -0.39 is 0 Å². The number of rotatable bonds is 7. The maximum atomic E-state index is 13.0. The number of nitriles is 1. The summed E-state index contributed by atoms with van der Waals surface area (Å²) in [5.41, 5.74) is 1.73. The first-order valence-corrected chi connectivity index (χ1v) is 11.9. The molecular weight excluding hydrogens is 420 g/mol. The van der Waals surface area contributed by atoms with Gasteiger partial charge in [0, 0.05) is 31.2 Å². The average molecular weight is 451 g/mol. The summed E-state index contributed by atoms with van der Waals surface area (Å²) in [5, 5.41) is 19.1. The number of hydrogen-bond donors (Lipinski definition) is 3. The van der Waals surface area contributed by atoms with Crippen LogP contribution in [0.2, 0.25) is 0 Å². The van der Waals surface area contributed by atoms with E-state index in [4.69, 9.17) is 5.26 Å². The molecule has 1 fully saturated rings. The van der Waals surface area contributed by atoms with Crippen molar-refractivity contribution < 1.29 is 4.79 Å². The number of thioether (sulfide) groups is 1. The smallest absolute Gasteiger partial charge is 0.254 e. The van der Waals surface area contributed by atoms with Gasteiger partial charge in [-0.05, 0) is 49.1 Å². The second kappa shape index (κ2) is 11.5. The van der Waals surface area contributed by atoms with Crippen molar-refractivity contribution in [3.8, 4) is 6.19 Å². The van der Waals surface area contributed by atoms with Gasteiger partial charge in [-0.25, -0.2) is 4.98 Å². The number of amides is 1. The van der Waals surface area contributed by atoms with Crippen LogP contribution in [0.1, 0.15) is 48.5 Å². The van der Waals surface area contributed by atoms with E-state index in [2.05, 4.69) is 57.1 Å². The van der Waals surface area contributed by atoms with Crippen molar-refractivity contribution in [1.82, 2.24) is 20.9 Å². The quantitative estimate of drug-likeness (QED) is 0.258. The summed E-state index contributed by atoms with van der Waals surface area (Å²) in [7, 11) is 1.75. The van der Waals surface area contributed by atoms with Gasteiger partial charge in [-0.2, -0.15) is 5.26 Å². The van der Waals surface area contributed by atoms with Crippen LogP contribution in [0.3, 0.4) is 0 Å². The molecule has 0 radical (unpaired) electrons. The molecule has 1 saturated carbocycles. The van der Waals surface area contributed by atoms with E-state index in [1.807, 2.05) is 18.3 Å². The van der Waals surface area contributed by atoms with Crippen LogP contribution in [0.15, 0.2) is 58.7 Å². The molecule has 1 aliphatic rings. The number of aliphatic imine (C=N–C) groups is 1. The Labute approximate surface area is 194 Å². The lowest BCUT2D eigenvalue weighted by atomic mass is 9.68. The van der Waals surface area contributed by atoms with E-state index in [1.54, 1.807) is 31.1 Å². The number of carbonyl (C=O) groups excluding carboxylic acids is 1. The Morgan fingerprint density at radius 1 is 1.25 bits per heavy atom. The van der Waals surface area contributed by atoms with Crippen LogP contribution in [0.25, 0.3) is 0 Å². The van der Waals surface area contributed by atoms with Crippen molar-refractivity contribution in [2.24, 2.45) is 4.99 Å². The van der Waals surface area contributed by atoms with Gasteiger partial charge in [-0.1, -0.05) is 37.3 Å². The summed E-state index contributed by atoms with van der Waals surface area (Å²) in [6.45, 7) is 2.62. The highest BCUT2D eigenvalue weighted by Crippen LogP contribution is 2.39. The molecular formula is C24H30N6OS. The first-order chi connectivity index (χ1) is 15.6. The molecule has 0 spiro atoms. The predicted molar refractivity (Wildman–Crippen MR) is 129 cm³/mol. The Morgan fingerprint density at radius 2 is 2.00 bits per heavy atom. The van der Waals surface area contributed by atoms with Crippen molar-refractivity contribution in [2.45, 2.75) is 49.1 Å². The molecule has 8 heteroatoms. The SMILES string of the molecule is CCSc1ncccc1C(=O)NC[C@]1(c2ccccc2)CC[C@H](N/C(=N/C#N)NC)CC1. The average Bonchev–Trinajstić information content (AvgIpc) is 2.84. The molecule has 0 saturated heterocycles. The van der Waals surface area contributed by atoms with E-state index in [-0.39, 0.29) is 17.4 Å². The molecule has 32 heavy (non-hydrogen) atoms. The maximum absolute atomic E-state index is 13.0. The zero-order valence-corrected chi connectivity index (χ0v) is 19.4.